The van der Waals surface area contributed by atoms with E-state index in [1.54, 1.807) is 6.20 Å². The molecule has 1 spiro atoms. The maximum atomic E-state index is 5.99. The van der Waals surface area contributed by atoms with Gasteiger partial charge in [0.05, 0.1) is 10.9 Å². The van der Waals surface area contributed by atoms with Crippen molar-refractivity contribution in [3.05, 3.63) is 258 Å². The van der Waals surface area contributed by atoms with Gasteiger partial charge in [-0.05, 0) is 79.6 Å². The molecule has 0 radical (unpaired) electrons. The van der Waals surface area contributed by atoms with Crippen molar-refractivity contribution in [2.75, 3.05) is 0 Å². The predicted molar refractivity (Wildman–Crippen MR) is 271 cm³/mol. The maximum absolute atomic E-state index is 5.99. The summed E-state index contributed by atoms with van der Waals surface area (Å²) in [6.45, 7) is 0. The van der Waals surface area contributed by atoms with E-state index >= 15 is 0 Å². The molecule has 2 aromatic heterocycles. The lowest BCUT2D eigenvalue weighted by Crippen LogP contribution is -2.25. The maximum Gasteiger partial charge on any atom is 0.0725 e. The standard InChI is InChI=1S/C60H42N2S/c1-62-54-35-16-11-28-48(54)55-56-49-29-17-22-41(58(49)63-59(56)47-27-7-6-26-46(47)57(55)62)37-36-40(39-19-3-2-4-20-39)21-5-12-31-53-45(30-18-38-61)44-25-10-15-34-52(44)60(53)50-32-13-8-23-42(50)43-24-9-14-33-51(43)60/h2-38H,61H2,1H3/b12-5+,37-36-,38-18+,40-21+,45-30-,53-31+. The molecular weight excluding hydrogens is 781 g/mol. The number of aryl methyl sites for hydroxylation is 1. The second-order valence-corrected chi connectivity index (χ2v) is 17.5. The fraction of sp³-hybridized carbons (Fsp3) is 0.0333. The van der Waals surface area contributed by atoms with Crippen LogP contribution in [0.3, 0.4) is 0 Å². The summed E-state index contributed by atoms with van der Waals surface area (Å²) in [5.74, 6) is 0. The van der Waals surface area contributed by atoms with Gasteiger partial charge in [0.1, 0.15) is 0 Å². The van der Waals surface area contributed by atoms with Crippen LogP contribution in [0.5, 0.6) is 0 Å². The summed E-state index contributed by atoms with van der Waals surface area (Å²) >= 11 is 1.91. The van der Waals surface area contributed by atoms with Gasteiger partial charge in [0.15, 0.2) is 0 Å². The van der Waals surface area contributed by atoms with Crippen molar-refractivity contribution in [1.82, 2.24) is 4.57 Å². The molecule has 0 fully saturated rings. The van der Waals surface area contributed by atoms with Crippen LogP contribution in [-0.2, 0) is 12.5 Å². The molecule has 298 valence electrons. The van der Waals surface area contributed by atoms with Crippen LogP contribution in [0.25, 0.3) is 81.1 Å². The SMILES string of the molecule is Cn1c2ccccc2c2c3c4cccc(\C=C/C(=C\C=C\C=C5/C(=C\C=C\N)c6ccccc6C56c5ccccc5-c5ccccc56)c5ccccc5)c4sc3c3ccccc3c21. The summed E-state index contributed by atoms with van der Waals surface area (Å²) < 4.78 is 5.02. The Morgan fingerprint density at radius 2 is 1.16 bits per heavy atom. The highest BCUT2D eigenvalue weighted by Crippen LogP contribution is 2.63. The number of para-hydroxylation sites is 1. The summed E-state index contributed by atoms with van der Waals surface area (Å²) in [6.07, 6.45) is 19.3. The molecule has 3 heteroatoms. The minimum absolute atomic E-state index is 0.458. The van der Waals surface area contributed by atoms with E-state index in [0.717, 1.165) is 11.1 Å². The molecule has 0 saturated carbocycles. The Hall–Kier alpha value is -7.72. The molecule has 0 saturated heterocycles. The quantitative estimate of drug-likeness (QED) is 0.166. The third-order valence-electron chi connectivity index (χ3n) is 13.4. The summed E-state index contributed by atoms with van der Waals surface area (Å²) in [4.78, 5) is 0. The van der Waals surface area contributed by atoms with E-state index in [-0.39, 0.29) is 0 Å². The number of thiophene rings is 1. The van der Waals surface area contributed by atoms with Crippen molar-refractivity contribution < 1.29 is 0 Å². The van der Waals surface area contributed by atoms with E-state index in [1.807, 2.05) is 17.4 Å². The highest BCUT2D eigenvalue weighted by Gasteiger charge is 2.52. The first-order chi connectivity index (χ1) is 31.2. The van der Waals surface area contributed by atoms with Crippen molar-refractivity contribution in [2.24, 2.45) is 12.8 Å². The van der Waals surface area contributed by atoms with Gasteiger partial charge in [-0.1, -0.05) is 206 Å². The Bertz CT molecular complexity index is 3650. The fourth-order valence-corrected chi connectivity index (χ4v) is 12.2. The lowest BCUT2D eigenvalue weighted by atomic mass is 9.70. The first kappa shape index (κ1) is 37.1. The van der Waals surface area contributed by atoms with Gasteiger partial charge in [-0.2, -0.15) is 0 Å². The fourth-order valence-electron chi connectivity index (χ4n) is 10.8. The second-order valence-electron chi connectivity index (χ2n) is 16.5. The molecule has 2 aliphatic rings. The number of hydrogen-bond acceptors (Lipinski definition) is 2. The van der Waals surface area contributed by atoms with Crippen LogP contribution in [0.1, 0.15) is 33.4 Å². The van der Waals surface area contributed by atoms with E-state index in [0.29, 0.717) is 0 Å². The van der Waals surface area contributed by atoms with Crippen LogP contribution in [0.2, 0.25) is 0 Å². The second kappa shape index (κ2) is 14.7. The Labute approximate surface area is 370 Å². The van der Waals surface area contributed by atoms with Gasteiger partial charge in [-0.15, -0.1) is 11.3 Å². The first-order valence-corrected chi connectivity index (χ1v) is 22.4. The third kappa shape index (κ3) is 5.43. The Kier molecular flexibility index (Phi) is 8.67. The number of nitrogens with two attached hydrogens (primary N) is 1. The van der Waals surface area contributed by atoms with Gasteiger partial charge >= 0.3 is 0 Å². The molecule has 12 rings (SSSR count). The van der Waals surface area contributed by atoms with Gasteiger partial charge in [-0.25, -0.2) is 0 Å². The monoisotopic (exact) mass is 822 g/mol. The number of aromatic nitrogens is 1. The molecule has 0 aliphatic heterocycles. The normalized spacial score (nSPS) is 15.9. The predicted octanol–water partition coefficient (Wildman–Crippen LogP) is 15.3. The van der Waals surface area contributed by atoms with Gasteiger partial charge < -0.3 is 10.3 Å². The van der Waals surface area contributed by atoms with E-state index in [9.17, 15) is 0 Å². The summed E-state index contributed by atoms with van der Waals surface area (Å²) in [5.41, 5.74) is 21.7. The smallest absolute Gasteiger partial charge is 0.0725 e. The first-order valence-electron chi connectivity index (χ1n) is 21.6. The number of rotatable bonds is 6. The van der Waals surface area contributed by atoms with E-state index in [4.69, 9.17) is 5.73 Å². The number of fused-ring (bicyclic) bond motifs is 17. The van der Waals surface area contributed by atoms with Crippen molar-refractivity contribution in [3.8, 4) is 11.1 Å². The average molecular weight is 823 g/mol. The van der Waals surface area contributed by atoms with Crippen molar-refractivity contribution in [1.29, 1.82) is 0 Å². The van der Waals surface area contributed by atoms with Crippen LogP contribution in [0, 0.1) is 0 Å². The lowest BCUT2D eigenvalue weighted by Gasteiger charge is -2.30. The van der Waals surface area contributed by atoms with E-state index < -0.39 is 5.41 Å². The zero-order valence-electron chi connectivity index (χ0n) is 34.8. The lowest BCUT2D eigenvalue weighted by molar-refractivity contribution is 0.794. The van der Waals surface area contributed by atoms with Gasteiger partial charge in [0.25, 0.3) is 0 Å². The van der Waals surface area contributed by atoms with Crippen molar-refractivity contribution in [2.45, 2.75) is 5.41 Å². The third-order valence-corrected chi connectivity index (χ3v) is 14.7. The molecule has 8 aromatic carbocycles. The number of hydrogen-bond donors (Lipinski definition) is 1. The summed E-state index contributed by atoms with van der Waals surface area (Å²) in [5, 5.41) is 7.89. The largest absolute Gasteiger partial charge is 0.405 e. The van der Waals surface area contributed by atoms with E-state index in [2.05, 4.69) is 224 Å². The summed E-state index contributed by atoms with van der Waals surface area (Å²) in [7, 11) is 2.21. The topological polar surface area (TPSA) is 30.9 Å². The Morgan fingerprint density at radius 1 is 0.540 bits per heavy atom. The molecular formula is C60H42N2S. The zero-order valence-corrected chi connectivity index (χ0v) is 35.6. The molecule has 2 N–H and O–H groups in total. The highest BCUT2D eigenvalue weighted by atomic mass is 32.1. The Balaban J connectivity index is 1.01. The van der Waals surface area contributed by atoms with Gasteiger partial charge in [0, 0.05) is 54.3 Å². The molecule has 0 bridgehead atoms. The average Bonchev–Trinajstić information content (AvgIpc) is 4.05. The number of allylic oxidation sites excluding steroid dienone is 10. The number of nitrogens with zero attached hydrogens (tertiary/aromatic N) is 1. The number of benzene rings is 8. The molecule has 0 amide bonds. The molecule has 2 heterocycles. The van der Waals surface area contributed by atoms with Gasteiger partial charge in [0.2, 0.25) is 0 Å². The van der Waals surface area contributed by atoms with Gasteiger partial charge in [-0.3, -0.25) is 0 Å². The molecule has 0 atom stereocenters. The molecule has 0 unspecified atom stereocenters. The minimum atomic E-state index is -0.458. The molecule has 10 aromatic rings. The Morgan fingerprint density at radius 3 is 1.90 bits per heavy atom. The molecule has 2 aliphatic carbocycles. The molecule has 63 heavy (non-hydrogen) atoms. The highest BCUT2D eigenvalue weighted by molar-refractivity contribution is 7.27. The van der Waals surface area contributed by atoms with Crippen LogP contribution >= 0.6 is 11.3 Å². The molecule has 2 nitrogen and oxygen atoms in total. The minimum Gasteiger partial charge on any atom is -0.405 e. The van der Waals surface area contributed by atoms with Crippen LogP contribution in [0.4, 0.5) is 0 Å². The van der Waals surface area contributed by atoms with Crippen LogP contribution < -0.4 is 5.73 Å². The van der Waals surface area contributed by atoms with E-state index in [1.165, 1.54) is 103 Å². The van der Waals surface area contributed by atoms with Crippen molar-refractivity contribution in [3.63, 3.8) is 0 Å². The van der Waals surface area contributed by atoms with Crippen LogP contribution in [0.15, 0.2) is 224 Å². The summed E-state index contributed by atoms with van der Waals surface area (Å²) in [6, 6.07) is 62.0. The van der Waals surface area contributed by atoms with Crippen molar-refractivity contribution >= 4 is 81.3 Å². The van der Waals surface area contributed by atoms with Crippen LogP contribution in [-0.4, -0.2) is 4.57 Å². The zero-order chi connectivity index (χ0) is 42.1.